The Hall–Kier alpha value is -2.00. The largest absolute Gasteiger partial charge is 0.495 e. The summed E-state index contributed by atoms with van der Waals surface area (Å²) in [6.45, 7) is 2.72. The summed E-state index contributed by atoms with van der Waals surface area (Å²) in [5.41, 5.74) is 3.09. The van der Waals surface area contributed by atoms with E-state index in [0.717, 1.165) is 12.8 Å². The lowest BCUT2D eigenvalue weighted by atomic mass is 10.1. The van der Waals surface area contributed by atoms with Crippen molar-refractivity contribution in [3.05, 3.63) is 64.2 Å². The van der Waals surface area contributed by atoms with Crippen LogP contribution in [-0.4, -0.2) is 19.6 Å². The second-order valence-corrected chi connectivity index (χ2v) is 5.61. The molecule has 0 aliphatic heterocycles. The summed E-state index contributed by atoms with van der Waals surface area (Å²) in [5.74, 6) is 0.450. The zero-order chi connectivity index (χ0) is 15.9. The number of ether oxygens (including phenoxy) is 1. The lowest BCUT2D eigenvalue weighted by molar-refractivity contribution is 0.0953. The minimum atomic E-state index is -0.117. The molecule has 116 valence electrons. The van der Waals surface area contributed by atoms with Gasteiger partial charge < -0.3 is 10.1 Å². The molecule has 2 aromatic carbocycles. The third kappa shape index (κ3) is 4.50. The molecule has 0 aromatic heterocycles. The van der Waals surface area contributed by atoms with Crippen LogP contribution in [0.3, 0.4) is 0 Å². The first-order valence-corrected chi connectivity index (χ1v) is 7.65. The third-order valence-corrected chi connectivity index (χ3v) is 3.72. The first kappa shape index (κ1) is 16.4. The fraction of sp³-hybridized carbons (Fsp3) is 0.278. The Bertz CT molecular complexity index is 655. The molecular weight excluding hydrogens is 298 g/mol. The van der Waals surface area contributed by atoms with Crippen molar-refractivity contribution in [3.63, 3.8) is 0 Å². The average Bonchev–Trinajstić information content (AvgIpc) is 2.51. The van der Waals surface area contributed by atoms with Crippen molar-refractivity contribution in [1.82, 2.24) is 5.32 Å². The normalized spacial score (nSPS) is 10.3. The van der Waals surface area contributed by atoms with Gasteiger partial charge in [-0.2, -0.15) is 0 Å². The van der Waals surface area contributed by atoms with Gasteiger partial charge in [-0.1, -0.05) is 41.4 Å². The molecule has 22 heavy (non-hydrogen) atoms. The average molecular weight is 318 g/mol. The van der Waals surface area contributed by atoms with Crippen LogP contribution in [0.5, 0.6) is 5.75 Å². The van der Waals surface area contributed by atoms with Gasteiger partial charge in [0.1, 0.15) is 5.75 Å². The van der Waals surface area contributed by atoms with E-state index in [-0.39, 0.29) is 5.91 Å². The van der Waals surface area contributed by atoms with Gasteiger partial charge in [0.05, 0.1) is 12.1 Å². The fourth-order valence-corrected chi connectivity index (χ4v) is 2.53. The van der Waals surface area contributed by atoms with Gasteiger partial charge in [0.15, 0.2) is 0 Å². The van der Waals surface area contributed by atoms with E-state index in [1.165, 1.54) is 11.1 Å². The highest BCUT2D eigenvalue weighted by Crippen LogP contribution is 2.24. The monoisotopic (exact) mass is 317 g/mol. The third-order valence-electron chi connectivity index (χ3n) is 3.42. The Balaban J connectivity index is 1.81. The molecule has 4 heteroatoms. The maximum atomic E-state index is 12.1. The number of rotatable bonds is 6. The first-order valence-electron chi connectivity index (χ1n) is 7.27. The Labute approximate surface area is 136 Å². The SMILES string of the molecule is COc1ccc(C(=O)NCCCc2cccc(C)c2)cc1Cl. The number of methoxy groups -OCH3 is 1. The van der Waals surface area contributed by atoms with Crippen LogP contribution in [0, 0.1) is 6.92 Å². The molecule has 0 aliphatic rings. The van der Waals surface area contributed by atoms with E-state index >= 15 is 0 Å². The number of halogens is 1. The van der Waals surface area contributed by atoms with E-state index in [9.17, 15) is 4.79 Å². The van der Waals surface area contributed by atoms with Gasteiger partial charge in [-0.15, -0.1) is 0 Å². The van der Waals surface area contributed by atoms with Crippen LogP contribution >= 0.6 is 11.6 Å². The van der Waals surface area contributed by atoms with Crippen LogP contribution in [-0.2, 0) is 6.42 Å². The summed E-state index contributed by atoms with van der Waals surface area (Å²) in [6.07, 6.45) is 1.85. The van der Waals surface area contributed by atoms with Crippen LogP contribution < -0.4 is 10.1 Å². The Kier molecular flexibility index (Phi) is 5.84. The van der Waals surface area contributed by atoms with Gasteiger partial charge >= 0.3 is 0 Å². The molecule has 2 rings (SSSR count). The van der Waals surface area contributed by atoms with Gasteiger partial charge in [0.25, 0.3) is 5.91 Å². The summed E-state index contributed by atoms with van der Waals surface area (Å²) in [4.78, 5) is 12.1. The van der Waals surface area contributed by atoms with Gasteiger partial charge in [-0.3, -0.25) is 4.79 Å². The smallest absolute Gasteiger partial charge is 0.251 e. The van der Waals surface area contributed by atoms with Crippen LogP contribution in [0.25, 0.3) is 0 Å². The molecule has 0 fully saturated rings. The Morgan fingerprint density at radius 3 is 2.73 bits per heavy atom. The number of carbonyl (C=O) groups is 1. The topological polar surface area (TPSA) is 38.3 Å². The van der Waals surface area contributed by atoms with Gasteiger partial charge in [0, 0.05) is 12.1 Å². The minimum Gasteiger partial charge on any atom is -0.495 e. The molecule has 3 nitrogen and oxygen atoms in total. The highest BCUT2D eigenvalue weighted by molar-refractivity contribution is 6.32. The van der Waals surface area contributed by atoms with E-state index < -0.39 is 0 Å². The molecule has 2 aromatic rings. The molecule has 0 atom stereocenters. The molecular formula is C18H20ClNO2. The Morgan fingerprint density at radius 2 is 2.05 bits per heavy atom. The van der Waals surface area contributed by atoms with E-state index in [2.05, 4.69) is 36.5 Å². The number of carbonyl (C=O) groups excluding carboxylic acids is 1. The number of nitrogens with one attached hydrogen (secondary N) is 1. The number of hydrogen-bond donors (Lipinski definition) is 1. The van der Waals surface area contributed by atoms with Gasteiger partial charge in [0.2, 0.25) is 0 Å². The summed E-state index contributed by atoms with van der Waals surface area (Å²) in [5, 5.41) is 3.35. The number of aryl methyl sites for hydroxylation is 2. The van der Waals surface area contributed by atoms with Crippen molar-refractivity contribution in [2.75, 3.05) is 13.7 Å². The predicted molar refractivity (Wildman–Crippen MR) is 89.8 cm³/mol. The molecule has 0 heterocycles. The van der Waals surface area contributed by atoms with Crippen molar-refractivity contribution in [3.8, 4) is 5.75 Å². The Morgan fingerprint density at radius 1 is 1.23 bits per heavy atom. The van der Waals surface area contributed by atoms with Crippen molar-refractivity contribution in [2.45, 2.75) is 19.8 Å². The maximum absolute atomic E-state index is 12.1. The molecule has 0 saturated heterocycles. The molecule has 1 amide bonds. The van der Waals surface area contributed by atoms with Crippen molar-refractivity contribution < 1.29 is 9.53 Å². The van der Waals surface area contributed by atoms with E-state index in [4.69, 9.17) is 16.3 Å². The molecule has 0 radical (unpaired) electrons. The highest BCUT2D eigenvalue weighted by Gasteiger charge is 2.08. The summed E-state index contributed by atoms with van der Waals surface area (Å²) in [7, 11) is 1.55. The lowest BCUT2D eigenvalue weighted by Gasteiger charge is -2.08. The van der Waals surface area contributed by atoms with Crippen LogP contribution in [0.1, 0.15) is 27.9 Å². The lowest BCUT2D eigenvalue weighted by Crippen LogP contribution is -2.24. The highest BCUT2D eigenvalue weighted by atomic mass is 35.5. The van der Waals surface area contributed by atoms with E-state index in [1.807, 2.05) is 0 Å². The van der Waals surface area contributed by atoms with Gasteiger partial charge in [-0.25, -0.2) is 0 Å². The van der Waals surface area contributed by atoms with Crippen LogP contribution in [0.15, 0.2) is 42.5 Å². The second kappa shape index (κ2) is 7.85. The predicted octanol–water partition coefficient (Wildman–Crippen LogP) is 4.02. The molecule has 0 saturated carbocycles. The quantitative estimate of drug-likeness (QED) is 0.817. The molecule has 1 N–H and O–H groups in total. The number of benzene rings is 2. The molecule has 0 unspecified atom stereocenters. The molecule has 0 aliphatic carbocycles. The number of hydrogen-bond acceptors (Lipinski definition) is 2. The second-order valence-electron chi connectivity index (χ2n) is 5.20. The van der Waals surface area contributed by atoms with Crippen molar-refractivity contribution in [1.29, 1.82) is 0 Å². The zero-order valence-corrected chi connectivity index (χ0v) is 13.6. The first-order chi connectivity index (χ1) is 10.6. The standard InChI is InChI=1S/C18H20ClNO2/c1-13-5-3-6-14(11-13)7-4-10-20-18(21)15-8-9-17(22-2)16(19)12-15/h3,5-6,8-9,11-12H,4,7,10H2,1-2H3,(H,20,21). The summed E-state index contributed by atoms with van der Waals surface area (Å²) >= 11 is 6.02. The number of amides is 1. The van der Waals surface area contributed by atoms with Crippen molar-refractivity contribution >= 4 is 17.5 Å². The van der Waals surface area contributed by atoms with Gasteiger partial charge in [-0.05, 0) is 43.5 Å². The maximum Gasteiger partial charge on any atom is 0.251 e. The van der Waals surface area contributed by atoms with Crippen molar-refractivity contribution in [2.24, 2.45) is 0 Å². The minimum absolute atomic E-state index is 0.117. The van der Waals surface area contributed by atoms with E-state index in [1.54, 1.807) is 25.3 Å². The molecule has 0 bridgehead atoms. The fourth-order valence-electron chi connectivity index (χ4n) is 2.27. The summed E-state index contributed by atoms with van der Waals surface area (Å²) in [6, 6.07) is 13.4. The summed E-state index contributed by atoms with van der Waals surface area (Å²) < 4.78 is 5.07. The van der Waals surface area contributed by atoms with E-state index in [0.29, 0.717) is 22.9 Å². The van der Waals surface area contributed by atoms with Crippen LogP contribution in [0.4, 0.5) is 0 Å². The zero-order valence-electron chi connectivity index (χ0n) is 12.9. The van der Waals surface area contributed by atoms with Crippen LogP contribution in [0.2, 0.25) is 5.02 Å². The molecule has 0 spiro atoms.